The van der Waals surface area contributed by atoms with Gasteiger partial charge in [0.1, 0.15) is 12.4 Å². The molecule has 1 aromatic heterocycles. The number of pyridine rings is 1. The summed E-state index contributed by atoms with van der Waals surface area (Å²) in [7, 11) is 0. The monoisotopic (exact) mass is 304 g/mol. The van der Waals surface area contributed by atoms with Crippen molar-refractivity contribution in [3.05, 3.63) is 58.9 Å². The Hall–Kier alpha value is -1.58. The number of ether oxygens (including phenoxy) is 1. The fraction of sp³-hybridized carbons (Fsp3) is 0.353. The van der Waals surface area contributed by atoms with Crippen LogP contribution in [-0.2, 0) is 13.2 Å². The Morgan fingerprint density at radius 1 is 1.24 bits per heavy atom. The Kier molecular flexibility index (Phi) is 5.21. The van der Waals surface area contributed by atoms with Crippen LogP contribution in [0.25, 0.3) is 0 Å². The molecule has 0 aliphatic rings. The maximum Gasteiger partial charge on any atom is 0.120 e. The van der Waals surface area contributed by atoms with Crippen molar-refractivity contribution in [3.8, 4) is 5.75 Å². The summed E-state index contributed by atoms with van der Waals surface area (Å²) in [6, 6.07) is 9.96. The van der Waals surface area contributed by atoms with Crippen molar-refractivity contribution in [3.63, 3.8) is 0 Å². The lowest BCUT2D eigenvalue weighted by Crippen LogP contribution is -2.35. The number of nitrogens with one attached hydrogen (secondary N) is 1. The molecule has 0 saturated carbocycles. The van der Waals surface area contributed by atoms with Gasteiger partial charge in [0.2, 0.25) is 0 Å². The molecule has 0 saturated heterocycles. The van der Waals surface area contributed by atoms with Gasteiger partial charge in [0.05, 0.1) is 5.02 Å². The van der Waals surface area contributed by atoms with Gasteiger partial charge >= 0.3 is 0 Å². The summed E-state index contributed by atoms with van der Waals surface area (Å²) in [5.74, 6) is 0.844. The van der Waals surface area contributed by atoms with Crippen molar-refractivity contribution in [2.75, 3.05) is 0 Å². The van der Waals surface area contributed by atoms with Gasteiger partial charge in [0, 0.05) is 30.0 Å². The van der Waals surface area contributed by atoms with E-state index in [9.17, 15) is 0 Å². The third-order valence-corrected chi connectivity index (χ3v) is 3.31. The first-order valence-electron chi connectivity index (χ1n) is 6.99. The maximum atomic E-state index is 6.07. The molecule has 0 atom stereocenters. The van der Waals surface area contributed by atoms with Crippen molar-refractivity contribution in [2.45, 2.75) is 39.5 Å². The van der Waals surface area contributed by atoms with Gasteiger partial charge in [-0.05, 0) is 44.5 Å². The zero-order valence-electron chi connectivity index (χ0n) is 12.7. The van der Waals surface area contributed by atoms with Crippen LogP contribution in [0.2, 0.25) is 5.02 Å². The highest BCUT2D eigenvalue weighted by Crippen LogP contribution is 2.19. The fourth-order valence-corrected chi connectivity index (χ4v) is 1.97. The summed E-state index contributed by atoms with van der Waals surface area (Å²) >= 11 is 6.07. The third-order valence-electron chi connectivity index (χ3n) is 2.97. The predicted octanol–water partition coefficient (Wildman–Crippen LogP) is 4.20. The zero-order valence-corrected chi connectivity index (χ0v) is 13.4. The van der Waals surface area contributed by atoms with E-state index in [1.165, 1.54) is 5.56 Å². The predicted molar refractivity (Wildman–Crippen MR) is 86.6 cm³/mol. The van der Waals surface area contributed by atoms with Crippen molar-refractivity contribution in [2.24, 2.45) is 0 Å². The van der Waals surface area contributed by atoms with E-state index in [0.717, 1.165) is 17.9 Å². The minimum Gasteiger partial charge on any atom is -0.489 e. The van der Waals surface area contributed by atoms with Crippen molar-refractivity contribution < 1.29 is 4.74 Å². The smallest absolute Gasteiger partial charge is 0.120 e. The van der Waals surface area contributed by atoms with E-state index >= 15 is 0 Å². The second kappa shape index (κ2) is 6.92. The van der Waals surface area contributed by atoms with E-state index in [0.29, 0.717) is 11.6 Å². The van der Waals surface area contributed by atoms with E-state index < -0.39 is 0 Å². The summed E-state index contributed by atoms with van der Waals surface area (Å²) in [5.41, 5.74) is 2.23. The molecule has 2 aromatic rings. The SMILES string of the molecule is CC(C)(C)NCc1cccc(OCc2ccncc2Cl)c1. The Morgan fingerprint density at radius 2 is 2.05 bits per heavy atom. The average Bonchev–Trinajstić information content (AvgIpc) is 2.44. The molecule has 1 aromatic carbocycles. The van der Waals surface area contributed by atoms with Crippen LogP contribution in [0.3, 0.4) is 0 Å². The summed E-state index contributed by atoms with van der Waals surface area (Å²) in [6.45, 7) is 7.71. The van der Waals surface area contributed by atoms with Gasteiger partial charge < -0.3 is 10.1 Å². The summed E-state index contributed by atoms with van der Waals surface area (Å²) in [5, 5.41) is 4.09. The molecule has 1 heterocycles. The number of hydrogen-bond donors (Lipinski definition) is 1. The molecule has 3 nitrogen and oxygen atoms in total. The molecule has 0 radical (unpaired) electrons. The minimum absolute atomic E-state index is 0.0986. The summed E-state index contributed by atoms with van der Waals surface area (Å²) in [4.78, 5) is 3.97. The van der Waals surface area contributed by atoms with Gasteiger partial charge in [-0.15, -0.1) is 0 Å². The van der Waals surface area contributed by atoms with Gasteiger partial charge in [0.15, 0.2) is 0 Å². The van der Waals surface area contributed by atoms with Crippen molar-refractivity contribution in [1.82, 2.24) is 10.3 Å². The molecule has 0 bridgehead atoms. The Morgan fingerprint density at radius 3 is 2.76 bits per heavy atom. The van der Waals surface area contributed by atoms with Crippen LogP contribution >= 0.6 is 11.6 Å². The zero-order chi connectivity index (χ0) is 15.3. The third kappa shape index (κ3) is 5.37. The van der Waals surface area contributed by atoms with E-state index in [1.54, 1.807) is 12.4 Å². The molecule has 0 fully saturated rings. The first kappa shape index (κ1) is 15.8. The molecule has 112 valence electrons. The molecule has 0 amide bonds. The largest absolute Gasteiger partial charge is 0.489 e. The first-order chi connectivity index (χ1) is 9.94. The lowest BCUT2D eigenvalue weighted by atomic mass is 10.1. The summed E-state index contributed by atoms with van der Waals surface area (Å²) < 4.78 is 5.81. The molecule has 2 rings (SSSR count). The Labute approximate surface area is 131 Å². The van der Waals surface area contributed by atoms with Gasteiger partial charge in [-0.3, -0.25) is 4.98 Å². The second-order valence-electron chi connectivity index (χ2n) is 6.01. The molecule has 0 aliphatic carbocycles. The number of benzene rings is 1. The molecule has 21 heavy (non-hydrogen) atoms. The second-order valence-corrected chi connectivity index (χ2v) is 6.41. The number of aromatic nitrogens is 1. The Bertz CT molecular complexity index is 593. The van der Waals surface area contributed by atoms with Crippen LogP contribution < -0.4 is 10.1 Å². The number of nitrogens with zero attached hydrogens (tertiary/aromatic N) is 1. The van der Waals surface area contributed by atoms with Gasteiger partial charge in [-0.2, -0.15) is 0 Å². The first-order valence-corrected chi connectivity index (χ1v) is 7.37. The number of hydrogen-bond acceptors (Lipinski definition) is 3. The number of halogens is 1. The van der Waals surface area contributed by atoms with Crippen LogP contribution in [0.15, 0.2) is 42.7 Å². The number of rotatable bonds is 5. The van der Waals surface area contributed by atoms with E-state index in [4.69, 9.17) is 16.3 Å². The van der Waals surface area contributed by atoms with Gasteiger partial charge in [-0.25, -0.2) is 0 Å². The van der Waals surface area contributed by atoms with E-state index in [1.807, 2.05) is 24.3 Å². The molecule has 0 aliphatic heterocycles. The molecule has 4 heteroatoms. The molecular weight excluding hydrogens is 284 g/mol. The van der Waals surface area contributed by atoms with E-state index in [2.05, 4.69) is 37.1 Å². The van der Waals surface area contributed by atoms with Crippen molar-refractivity contribution >= 4 is 11.6 Å². The standard InChI is InChI=1S/C17H21ClN2O/c1-17(2,3)20-10-13-5-4-6-15(9-13)21-12-14-7-8-19-11-16(14)18/h4-9,11,20H,10,12H2,1-3H3. The van der Waals surface area contributed by atoms with Crippen LogP contribution in [0.4, 0.5) is 0 Å². The lowest BCUT2D eigenvalue weighted by Gasteiger charge is -2.20. The summed E-state index contributed by atoms with van der Waals surface area (Å²) in [6.07, 6.45) is 3.35. The highest BCUT2D eigenvalue weighted by molar-refractivity contribution is 6.31. The van der Waals surface area contributed by atoms with Crippen LogP contribution in [0.1, 0.15) is 31.9 Å². The highest BCUT2D eigenvalue weighted by Gasteiger charge is 2.08. The van der Waals surface area contributed by atoms with Crippen LogP contribution in [0.5, 0.6) is 5.75 Å². The Balaban J connectivity index is 1.96. The topological polar surface area (TPSA) is 34.1 Å². The normalized spacial score (nSPS) is 11.4. The fourth-order valence-electron chi connectivity index (χ4n) is 1.79. The highest BCUT2D eigenvalue weighted by atomic mass is 35.5. The van der Waals surface area contributed by atoms with Crippen LogP contribution in [0, 0.1) is 0 Å². The molecule has 0 unspecified atom stereocenters. The molecular formula is C17H21ClN2O. The van der Waals surface area contributed by atoms with Gasteiger partial charge in [0.25, 0.3) is 0 Å². The maximum absolute atomic E-state index is 6.07. The van der Waals surface area contributed by atoms with E-state index in [-0.39, 0.29) is 5.54 Å². The molecule has 1 N–H and O–H groups in total. The quantitative estimate of drug-likeness (QED) is 0.899. The lowest BCUT2D eigenvalue weighted by molar-refractivity contribution is 0.305. The average molecular weight is 305 g/mol. The minimum atomic E-state index is 0.0986. The van der Waals surface area contributed by atoms with Gasteiger partial charge in [-0.1, -0.05) is 23.7 Å². The van der Waals surface area contributed by atoms with Crippen molar-refractivity contribution in [1.29, 1.82) is 0 Å². The van der Waals surface area contributed by atoms with Crippen LogP contribution in [-0.4, -0.2) is 10.5 Å². The molecule has 0 spiro atoms.